The van der Waals surface area contributed by atoms with Crippen LogP contribution in [0.2, 0.25) is 0 Å². The van der Waals surface area contributed by atoms with E-state index >= 15 is 0 Å². The summed E-state index contributed by atoms with van der Waals surface area (Å²) in [4.78, 5) is 2.39. The third kappa shape index (κ3) is 10.2. The minimum Gasteiger partial charge on any atom is -0.379 e. The van der Waals surface area contributed by atoms with Crippen molar-refractivity contribution in [3.8, 4) is 0 Å². The number of nitrogens with zero attached hydrogens (tertiary/aromatic N) is 3. The highest BCUT2D eigenvalue weighted by Crippen LogP contribution is 2.08. The fourth-order valence-electron chi connectivity index (χ4n) is 3.91. The number of ether oxygens (including phenoxy) is 1. The number of likely N-dealkylation sites (N-methyl/N-ethyl adjacent to an activating group) is 1. The third-order valence-electron chi connectivity index (χ3n) is 6.04. The van der Waals surface area contributed by atoms with E-state index in [1.807, 2.05) is 0 Å². The molecule has 0 amide bonds. The average molecular weight is 384 g/mol. The number of piperidine rings is 2. The Hall–Kier alpha value is -0.240. The van der Waals surface area contributed by atoms with Gasteiger partial charge in [-0.2, -0.15) is 0 Å². The highest BCUT2D eigenvalue weighted by Gasteiger charge is 2.21. The second-order valence-corrected chi connectivity index (χ2v) is 8.71. The fourth-order valence-corrected chi connectivity index (χ4v) is 3.91. The van der Waals surface area contributed by atoms with E-state index < -0.39 is 0 Å². The van der Waals surface area contributed by atoms with E-state index in [0.717, 1.165) is 38.1 Å². The van der Waals surface area contributed by atoms with E-state index in [-0.39, 0.29) is 0 Å². The molecule has 6 heteroatoms. The van der Waals surface area contributed by atoms with Gasteiger partial charge in [0.1, 0.15) is 0 Å². The molecule has 4 fully saturated rings. The van der Waals surface area contributed by atoms with Gasteiger partial charge >= 0.3 is 0 Å². The van der Waals surface area contributed by atoms with Crippen molar-refractivity contribution < 1.29 is 4.74 Å². The maximum absolute atomic E-state index is 5.33. The molecule has 0 spiro atoms. The molecule has 0 radical (unpaired) electrons. The number of hydrogen-bond donors (Lipinski definition) is 2. The standard InChI is InChI=1S/C9H19N3O.2C6H13N/c1-10-2-4-11(5-3-10)12-6-8-13-9-7-12;1-6-2-4-7-5-3-6;1-6-3-2-4-7-5-6/h2-9H2,1H3;2*6-7H,2-5H2,1H3. The highest BCUT2D eigenvalue weighted by molar-refractivity contribution is 4.70. The Morgan fingerprint density at radius 3 is 1.78 bits per heavy atom. The van der Waals surface area contributed by atoms with E-state index in [2.05, 4.69) is 46.4 Å². The van der Waals surface area contributed by atoms with E-state index in [1.54, 1.807) is 0 Å². The van der Waals surface area contributed by atoms with Crippen molar-refractivity contribution in [2.24, 2.45) is 11.8 Å². The largest absolute Gasteiger partial charge is 0.379 e. The Balaban J connectivity index is 0.000000159. The summed E-state index contributed by atoms with van der Waals surface area (Å²) in [6.45, 7) is 18.2. The lowest BCUT2D eigenvalue weighted by molar-refractivity contribution is -0.105. The van der Waals surface area contributed by atoms with Crippen molar-refractivity contribution in [3.05, 3.63) is 0 Å². The Bertz CT molecular complexity index is 328. The lowest BCUT2D eigenvalue weighted by Crippen LogP contribution is -2.55. The first kappa shape index (κ1) is 23.0. The summed E-state index contributed by atoms with van der Waals surface area (Å²) in [5, 5.41) is 11.6. The van der Waals surface area contributed by atoms with Crippen LogP contribution in [-0.2, 0) is 4.74 Å². The second kappa shape index (κ2) is 13.9. The van der Waals surface area contributed by atoms with Crippen LogP contribution in [0, 0.1) is 11.8 Å². The maximum Gasteiger partial charge on any atom is 0.0608 e. The molecule has 4 heterocycles. The predicted molar refractivity (Wildman–Crippen MR) is 114 cm³/mol. The van der Waals surface area contributed by atoms with Gasteiger partial charge < -0.3 is 20.3 Å². The number of piperazine rings is 1. The van der Waals surface area contributed by atoms with Crippen LogP contribution in [0.3, 0.4) is 0 Å². The molecule has 2 N–H and O–H groups in total. The molecule has 6 nitrogen and oxygen atoms in total. The number of morpholine rings is 1. The second-order valence-electron chi connectivity index (χ2n) is 8.71. The summed E-state index contributed by atoms with van der Waals surface area (Å²) >= 11 is 0. The molecule has 160 valence electrons. The molecular weight excluding hydrogens is 338 g/mol. The molecule has 0 aliphatic carbocycles. The zero-order valence-corrected chi connectivity index (χ0v) is 18.2. The summed E-state index contributed by atoms with van der Waals surface area (Å²) in [6, 6.07) is 0. The Morgan fingerprint density at radius 1 is 0.704 bits per heavy atom. The van der Waals surface area contributed by atoms with Gasteiger partial charge in [0.05, 0.1) is 13.2 Å². The summed E-state index contributed by atoms with van der Waals surface area (Å²) < 4.78 is 5.33. The maximum atomic E-state index is 5.33. The van der Waals surface area contributed by atoms with Gasteiger partial charge in [0, 0.05) is 39.3 Å². The molecule has 4 aliphatic rings. The van der Waals surface area contributed by atoms with Crippen molar-refractivity contribution in [2.45, 2.75) is 39.5 Å². The molecule has 1 atom stereocenters. The van der Waals surface area contributed by atoms with Crippen molar-refractivity contribution in [3.63, 3.8) is 0 Å². The lowest BCUT2D eigenvalue weighted by atomic mass is 10.0. The molecule has 0 bridgehead atoms. The van der Waals surface area contributed by atoms with Gasteiger partial charge in [0.2, 0.25) is 0 Å². The number of hydrazine groups is 1. The van der Waals surface area contributed by atoms with Crippen LogP contribution in [0.25, 0.3) is 0 Å². The number of rotatable bonds is 1. The first-order chi connectivity index (χ1) is 13.1. The average Bonchev–Trinajstić information content (AvgIpc) is 2.71. The lowest BCUT2D eigenvalue weighted by Gasteiger charge is -2.41. The smallest absolute Gasteiger partial charge is 0.0608 e. The van der Waals surface area contributed by atoms with Crippen LogP contribution in [0.5, 0.6) is 0 Å². The number of nitrogens with one attached hydrogen (secondary N) is 2. The Kier molecular flexibility index (Phi) is 11.8. The molecule has 0 aromatic heterocycles. The molecule has 0 saturated carbocycles. The Morgan fingerprint density at radius 2 is 1.33 bits per heavy atom. The molecule has 0 aromatic carbocycles. The molecule has 1 unspecified atom stereocenters. The van der Waals surface area contributed by atoms with Gasteiger partial charge in [-0.15, -0.1) is 0 Å². The van der Waals surface area contributed by atoms with Crippen LogP contribution in [0.4, 0.5) is 0 Å². The first-order valence-electron chi connectivity index (χ1n) is 11.3. The van der Waals surface area contributed by atoms with Gasteiger partial charge in [-0.25, -0.2) is 10.0 Å². The monoisotopic (exact) mass is 383 g/mol. The van der Waals surface area contributed by atoms with Gasteiger partial charge in [-0.05, 0) is 70.7 Å². The molecule has 27 heavy (non-hydrogen) atoms. The summed E-state index contributed by atoms with van der Waals surface area (Å²) in [6.07, 6.45) is 5.55. The normalized spacial score (nSPS) is 29.2. The van der Waals surface area contributed by atoms with Gasteiger partial charge in [0.25, 0.3) is 0 Å². The molecular formula is C21H45N5O. The molecule has 4 aliphatic heterocycles. The Labute approximate surface area is 167 Å². The van der Waals surface area contributed by atoms with Gasteiger partial charge in [-0.3, -0.25) is 0 Å². The zero-order valence-electron chi connectivity index (χ0n) is 18.2. The van der Waals surface area contributed by atoms with Crippen molar-refractivity contribution in [1.82, 2.24) is 25.6 Å². The summed E-state index contributed by atoms with van der Waals surface area (Å²) in [7, 11) is 2.19. The first-order valence-corrected chi connectivity index (χ1v) is 11.3. The van der Waals surface area contributed by atoms with Gasteiger partial charge in [-0.1, -0.05) is 13.8 Å². The summed E-state index contributed by atoms with van der Waals surface area (Å²) in [5.74, 6) is 1.90. The van der Waals surface area contributed by atoms with E-state index in [0.29, 0.717) is 0 Å². The molecule has 4 rings (SSSR count). The minimum absolute atomic E-state index is 0.895. The summed E-state index contributed by atoms with van der Waals surface area (Å²) in [5.41, 5.74) is 0. The van der Waals surface area contributed by atoms with Crippen LogP contribution < -0.4 is 10.6 Å². The van der Waals surface area contributed by atoms with E-state index in [9.17, 15) is 0 Å². The van der Waals surface area contributed by atoms with Gasteiger partial charge in [0.15, 0.2) is 0 Å². The van der Waals surface area contributed by atoms with Crippen LogP contribution in [0.1, 0.15) is 39.5 Å². The van der Waals surface area contributed by atoms with Crippen molar-refractivity contribution >= 4 is 0 Å². The van der Waals surface area contributed by atoms with Crippen LogP contribution in [-0.4, -0.2) is 101 Å². The molecule has 0 aromatic rings. The van der Waals surface area contributed by atoms with Crippen molar-refractivity contribution in [2.75, 3.05) is 85.7 Å². The number of hydrogen-bond acceptors (Lipinski definition) is 6. The topological polar surface area (TPSA) is 43.0 Å². The minimum atomic E-state index is 0.895. The third-order valence-corrected chi connectivity index (χ3v) is 6.04. The van der Waals surface area contributed by atoms with E-state index in [4.69, 9.17) is 4.74 Å². The highest BCUT2D eigenvalue weighted by atomic mass is 16.5. The zero-order chi connectivity index (χ0) is 19.3. The quantitative estimate of drug-likeness (QED) is 0.715. The van der Waals surface area contributed by atoms with E-state index in [1.165, 1.54) is 78.0 Å². The molecule has 4 saturated heterocycles. The fraction of sp³-hybridized carbons (Fsp3) is 1.00. The van der Waals surface area contributed by atoms with Crippen molar-refractivity contribution in [1.29, 1.82) is 0 Å². The SMILES string of the molecule is CC1CCCNC1.CC1CCNCC1.CN1CCN(N2CCOCC2)CC1. The van der Waals surface area contributed by atoms with Crippen LogP contribution in [0.15, 0.2) is 0 Å². The predicted octanol–water partition coefficient (Wildman–Crippen LogP) is 1.49. The van der Waals surface area contributed by atoms with Crippen LogP contribution >= 0.6 is 0 Å².